The maximum absolute atomic E-state index is 6.42. The van der Waals surface area contributed by atoms with E-state index in [-0.39, 0.29) is 0 Å². The van der Waals surface area contributed by atoms with E-state index in [2.05, 4.69) is 27.1 Å². The van der Waals surface area contributed by atoms with E-state index in [1.165, 1.54) is 6.39 Å². The molecule has 9 nitrogen and oxygen atoms in total. The molecule has 9 aromatic rings. The van der Waals surface area contributed by atoms with Crippen molar-refractivity contribution in [3.63, 3.8) is 0 Å². The second kappa shape index (κ2) is 12.5. The largest absolute Gasteiger partial charge is 0.457 e. The van der Waals surface area contributed by atoms with Crippen LogP contribution in [0.1, 0.15) is 0 Å². The van der Waals surface area contributed by atoms with Gasteiger partial charge in [-0.15, -0.1) is 0 Å². The third kappa shape index (κ3) is 5.58. The maximum atomic E-state index is 6.42. The first-order valence-corrected chi connectivity index (χ1v) is 15.9. The molecule has 0 aliphatic rings. The molecular formula is C41H26N6O3. The van der Waals surface area contributed by atoms with E-state index < -0.39 is 0 Å². The highest BCUT2D eigenvalue weighted by Crippen LogP contribution is 2.38. The smallest absolute Gasteiger partial charge is 0.234 e. The summed E-state index contributed by atoms with van der Waals surface area (Å²) >= 11 is 0. The summed E-state index contributed by atoms with van der Waals surface area (Å²) in [6, 6.07) is 39.6. The third-order valence-electron chi connectivity index (χ3n) is 8.33. The van der Waals surface area contributed by atoms with Crippen molar-refractivity contribution < 1.29 is 13.9 Å². The van der Waals surface area contributed by atoms with Gasteiger partial charge < -0.3 is 13.9 Å². The molecule has 0 fully saturated rings. The number of benzene rings is 4. The van der Waals surface area contributed by atoms with Gasteiger partial charge in [-0.3, -0.25) is 14.5 Å². The minimum absolute atomic E-state index is 0.483. The van der Waals surface area contributed by atoms with E-state index in [0.717, 1.165) is 49.9 Å². The van der Waals surface area contributed by atoms with Crippen molar-refractivity contribution in [2.75, 3.05) is 0 Å². The predicted molar refractivity (Wildman–Crippen MR) is 191 cm³/mol. The molecule has 5 aromatic heterocycles. The molecule has 0 unspecified atom stereocenters. The van der Waals surface area contributed by atoms with Gasteiger partial charge in [-0.25, -0.2) is 15.0 Å². The Balaban J connectivity index is 1.13. The normalized spacial score (nSPS) is 11.2. The summed E-state index contributed by atoms with van der Waals surface area (Å²) < 4.78 is 20.3. The lowest BCUT2D eigenvalue weighted by atomic mass is 10.1. The Morgan fingerprint density at radius 2 is 1.04 bits per heavy atom. The average Bonchev–Trinajstić information content (AvgIpc) is 3.83. The highest BCUT2D eigenvalue weighted by Gasteiger charge is 2.17. The number of rotatable bonds is 8. The molecule has 0 radical (unpaired) electrons. The van der Waals surface area contributed by atoms with E-state index in [1.807, 2.05) is 114 Å². The second-order valence-corrected chi connectivity index (χ2v) is 11.5. The number of oxazole rings is 1. The summed E-state index contributed by atoms with van der Waals surface area (Å²) in [5.41, 5.74) is 6.16. The van der Waals surface area contributed by atoms with Crippen LogP contribution in [0.5, 0.6) is 23.0 Å². The van der Waals surface area contributed by atoms with Crippen molar-refractivity contribution in [1.82, 2.24) is 29.5 Å². The fraction of sp³-hybridized carbons (Fsp3) is 0. The first kappa shape index (κ1) is 29.0. The topological polar surface area (TPSA) is 101 Å². The number of nitrogens with zero attached hydrogens (tertiary/aromatic N) is 6. The van der Waals surface area contributed by atoms with Gasteiger partial charge in [-0.1, -0.05) is 36.4 Å². The van der Waals surface area contributed by atoms with Crippen LogP contribution in [0.25, 0.3) is 61.6 Å². The fourth-order valence-corrected chi connectivity index (χ4v) is 6.02. The Bertz CT molecular complexity index is 2450. The van der Waals surface area contributed by atoms with E-state index >= 15 is 0 Å². The van der Waals surface area contributed by atoms with Gasteiger partial charge in [0.15, 0.2) is 12.2 Å². The zero-order valence-electron chi connectivity index (χ0n) is 26.4. The van der Waals surface area contributed by atoms with Crippen LogP contribution in [-0.2, 0) is 0 Å². The molecule has 0 amide bonds. The zero-order valence-corrected chi connectivity index (χ0v) is 26.4. The van der Waals surface area contributed by atoms with Crippen molar-refractivity contribution in [1.29, 1.82) is 0 Å². The number of hydrogen-bond donors (Lipinski definition) is 0. The summed E-state index contributed by atoms with van der Waals surface area (Å²) in [6.07, 6.45) is 10.0. The van der Waals surface area contributed by atoms with Gasteiger partial charge in [0.25, 0.3) is 0 Å². The van der Waals surface area contributed by atoms with E-state index in [1.54, 1.807) is 31.0 Å². The highest BCUT2D eigenvalue weighted by atomic mass is 16.5. The van der Waals surface area contributed by atoms with E-state index in [0.29, 0.717) is 34.7 Å². The van der Waals surface area contributed by atoms with Gasteiger partial charge in [0.05, 0.1) is 34.2 Å². The molecular weight excluding hydrogens is 624 g/mol. The minimum atomic E-state index is 0.483. The Labute approximate surface area is 286 Å². The van der Waals surface area contributed by atoms with Crippen LogP contribution in [0, 0.1) is 0 Å². The molecule has 0 bridgehead atoms. The van der Waals surface area contributed by atoms with Gasteiger partial charge in [0.1, 0.15) is 23.0 Å². The summed E-state index contributed by atoms with van der Waals surface area (Å²) in [7, 11) is 0. The standard InChI is InChI=1S/C41H26N6O3/c1-3-17-43-36(11-1)27-7-5-9-30(19-27)49-32-13-15-34-35-16-14-33(50-31-10-6-8-28(20-31)37-12-2-4-18-44-37)22-39(35)47(38(34)21-32)41-45-23-29(24-46-41)40-25-42-26-48-40/h1-26H. The lowest BCUT2D eigenvalue weighted by molar-refractivity contribution is 0.483. The Morgan fingerprint density at radius 1 is 0.480 bits per heavy atom. The second-order valence-electron chi connectivity index (χ2n) is 11.5. The summed E-state index contributed by atoms with van der Waals surface area (Å²) in [5.74, 6) is 3.81. The molecule has 4 aromatic carbocycles. The Morgan fingerprint density at radius 3 is 1.54 bits per heavy atom. The molecule has 0 spiro atoms. The van der Waals surface area contributed by atoms with Crippen LogP contribution in [0.2, 0.25) is 0 Å². The molecule has 0 saturated heterocycles. The van der Waals surface area contributed by atoms with Crippen molar-refractivity contribution in [2.24, 2.45) is 0 Å². The summed E-state index contributed by atoms with van der Waals surface area (Å²) in [5, 5.41) is 2.03. The Kier molecular flexibility index (Phi) is 7.25. The van der Waals surface area contributed by atoms with Crippen molar-refractivity contribution in [3.8, 4) is 62.8 Å². The molecule has 0 saturated carbocycles. The first-order valence-electron chi connectivity index (χ1n) is 15.9. The SMILES string of the molecule is c1ccc(-c2cccc(Oc3ccc4c5ccc(Oc6cccc(-c7ccccn7)c6)cc5n(-c5ncc(-c6cnco6)cn5)c4c3)c2)nc1. The number of fused-ring (bicyclic) bond motifs is 3. The molecule has 9 rings (SSSR count). The molecule has 0 atom stereocenters. The molecule has 5 heterocycles. The Hall–Kier alpha value is -7.13. The first-order chi connectivity index (χ1) is 24.7. The molecule has 0 aliphatic heterocycles. The van der Waals surface area contributed by atoms with Crippen molar-refractivity contribution >= 4 is 21.8 Å². The lowest BCUT2D eigenvalue weighted by Crippen LogP contribution is -2.01. The van der Waals surface area contributed by atoms with Gasteiger partial charge in [-0.05, 0) is 72.8 Å². The minimum Gasteiger partial charge on any atom is -0.457 e. The van der Waals surface area contributed by atoms with Crippen LogP contribution >= 0.6 is 0 Å². The maximum Gasteiger partial charge on any atom is 0.234 e. The molecule has 238 valence electrons. The van der Waals surface area contributed by atoms with Gasteiger partial charge in [-0.2, -0.15) is 0 Å². The summed E-state index contributed by atoms with van der Waals surface area (Å²) in [6.45, 7) is 0. The summed E-state index contributed by atoms with van der Waals surface area (Å²) in [4.78, 5) is 22.5. The van der Waals surface area contributed by atoms with Crippen LogP contribution in [-0.4, -0.2) is 29.5 Å². The predicted octanol–water partition coefficient (Wildman–Crippen LogP) is 9.94. The molecule has 50 heavy (non-hydrogen) atoms. The zero-order chi connectivity index (χ0) is 33.3. The third-order valence-corrected chi connectivity index (χ3v) is 8.33. The quantitative estimate of drug-likeness (QED) is 0.160. The fourth-order valence-electron chi connectivity index (χ4n) is 6.02. The van der Waals surface area contributed by atoms with Crippen LogP contribution in [0.4, 0.5) is 0 Å². The molecule has 9 heteroatoms. The lowest BCUT2D eigenvalue weighted by Gasteiger charge is -2.10. The monoisotopic (exact) mass is 650 g/mol. The van der Waals surface area contributed by atoms with Crippen LogP contribution < -0.4 is 9.47 Å². The number of pyridine rings is 2. The molecule has 0 N–H and O–H groups in total. The van der Waals surface area contributed by atoms with Gasteiger partial charge in [0.2, 0.25) is 5.95 Å². The van der Waals surface area contributed by atoms with Crippen LogP contribution in [0.3, 0.4) is 0 Å². The number of aromatic nitrogens is 6. The van der Waals surface area contributed by atoms with E-state index in [9.17, 15) is 0 Å². The highest BCUT2D eigenvalue weighted by molar-refractivity contribution is 6.09. The number of ether oxygens (including phenoxy) is 2. The van der Waals surface area contributed by atoms with E-state index in [4.69, 9.17) is 23.9 Å². The van der Waals surface area contributed by atoms with Crippen molar-refractivity contribution in [2.45, 2.75) is 0 Å². The average molecular weight is 651 g/mol. The number of hydrogen-bond acceptors (Lipinski definition) is 8. The van der Waals surface area contributed by atoms with Crippen LogP contribution in [0.15, 0.2) is 163 Å². The van der Waals surface area contributed by atoms with Gasteiger partial charge in [0, 0.05) is 58.8 Å². The van der Waals surface area contributed by atoms with Gasteiger partial charge >= 0.3 is 0 Å². The van der Waals surface area contributed by atoms with Crippen molar-refractivity contribution in [3.05, 3.63) is 159 Å². The molecule has 0 aliphatic carbocycles.